The number of aliphatic hydroxyl groups excluding tert-OH is 3. The standard InChI is InChI=1S/C17H33N3O7/c1-6-5-17(20,26)15(24)8(3)14(23)11(19)16(25)27-9(4)7(2)13(22)10(18)12(6)21/h6-11,13-15,22-24,26H,5,18-20H2,1-4H3/t6-,7+,8+,9-,10+,11-,13+,14+,15-,17-/m1/s1. The molecule has 0 radical (unpaired) electrons. The SMILES string of the molecule is C[C@@H]1[C@H](O)[C@@H](N)C(=O)[C@H](C)C[C@@](N)(O)[C@H](O)[C@@H](C)[C@H](O)[C@@H](N)C(=O)O[C@@H]1C. The molecular formula is C17H33N3O7. The van der Waals surface area contributed by atoms with Crippen molar-refractivity contribution in [2.45, 2.75) is 76.3 Å². The molecule has 1 saturated heterocycles. The molecule has 1 rings (SSSR count). The van der Waals surface area contributed by atoms with E-state index >= 15 is 0 Å². The number of nitrogens with two attached hydrogens (primary N) is 3. The molecule has 0 spiro atoms. The normalized spacial score (nSPS) is 48.6. The number of carbonyl (C=O) groups excluding carboxylic acids is 2. The Morgan fingerprint density at radius 2 is 1.44 bits per heavy atom. The Morgan fingerprint density at radius 3 is 1.96 bits per heavy atom. The van der Waals surface area contributed by atoms with Crippen molar-refractivity contribution in [2.24, 2.45) is 35.0 Å². The smallest absolute Gasteiger partial charge is 0.325 e. The van der Waals surface area contributed by atoms with Crippen molar-refractivity contribution in [2.75, 3.05) is 0 Å². The lowest BCUT2D eigenvalue weighted by molar-refractivity contribution is -0.164. The van der Waals surface area contributed by atoms with Crippen molar-refractivity contribution in [1.29, 1.82) is 0 Å². The molecule has 10 nitrogen and oxygen atoms in total. The Bertz CT molecular complexity index is 545. The van der Waals surface area contributed by atoms with Gasteiger partial charge in [0, 0.05) is 24.2 Å². The van der Waals surface area contributed by atoms with Crippen LogP contribution in [0, 0.1) is 17.8 Å². The molecule has 0 aromatic rings. The molecule has 0 unspecified atom stereocenters. The van der Waals surface area contributed by atoms with Gasteiger partial charge in [0.15, 0.2) is 5.78 Å². The van der Waals surface area contributed by atoms with Crippen LogP contribution < -0.4 is 17.2 Å². The highest BCUT2D eigenvalue weighted by atomic mass is 16.5. The van der Waals surface area contributed by atoms with Crippen LogP contribution in [0.15, 0.2) is 0 Å². The Labute approximate surface area is 158 Å². The van der Waals surface area contributed by atoms with E-state index in [1.54, 1.807) is 6.92 Å². The van der Waals surface area contributed by atoms with Crippen LogP contribution in [-0.4, -0.2) is 74.4 Å². The highest BCUT2D eigenvalue weighted by Crippen LogP contribution is 2.27. The highest BCUT2D eigenvalue weighted by Gasteiger charge is 2.45. The summed E-state index contributed by atoms with van der Waals surface area (Å²) in [6, 6.07) is -2.81. The van der Waals surface area contributed by atoms with Crippen molar-refractivity contribution in [3.05, 3.63) is 0 Å². The average molecular weight is 391 g/mol. The van der Waals surface area contributed by atoms with Gasteiger partial charge in [-0.15, -0.1) is 0 Å². The fraction of sp³-hybridized carbons (Fsp3) is 0.882. The van der Waals surface area contributed by atoms with Crippen LogP contribution in [-0.2, 0) is 14.3 Å². The van der Waals surface area contributed by atoms with Crippen LogP contribution in [0.4, 0.5) is 0 Å². The molecule has 0 saturated carbocycles. The predicted octanol–water partition coefficient (Wildman–Crippen LogP) is -2.82. The van der Waals surface area contributed by atoms with Crippen molar-refractivity contribution in [3.63, 3.8) is 0 Å². The van der Waals surface area contributed by atoms with Gasteiger partial charge in [0.2, 0.25) is 0 Å². The number of hydrogen-bond acceptors (Lipinski definition) is 10. The van der Waals surface area contributed by atoms with E-state index in [0.717, 1.165) is 0 Å². The Morgan fingerprint density at radius 1 is 0.963 bits per heavy atom. The summed E-state index contributed by atoms with van der Waals surface area (Å²) in [7, 11) is 0. The Hall–Kier alpha value is -1.14. The molecule has 1 heterocycles. The molecule has 1 fully saturated rings. The van der Waals surface area contributed by atoms with Crippen LogP contribution in [0.1, 0.15) is 34.1 Å². The molecule has 0 bridgehead atoms. The summed E-state index contributed by atoms with van der Waals surface area (Å²) < 4.78 is 5.18. The van der Waals surface area contributed by atoms with Crippen LogP contribution in [0.2, 0.25) is 0 Å². The summed E-state index contributed by atoms with van der Waals surface area (Å²) in [5, 5.41) is 41.5. The van der Waals surface area contributed by atoms with E-state index in [2.05, 4.69) is 0 Å². The largest absolute Gasteiger partial charge is 0.461 e. The zero-order chi connectivity index (χ0) is 21.3. The lowest BCUT2D eigenvalue weighted by Crippen LogP contribution is -2.61. The minimum atomic E-state index is -2.26. The zero-order valence-electron chi connectivity index (χ0n) is 16.1. The quantitative estimate of drug-likeness (QED) is 0.167. The van der Waals surface area contributed by atoms with E-state index in [1.165, 1.54) is 20.8 Å². The molecular weight excluding hydrogens is 358 g/mol. The number of ether oxygens (including phenoxy) is 1. The van der Waals surface area contributed by atoms with Crippen LogP contribution in [0.3, 0.4) is 0 Å². The third kappa shape index (κ3) is 5.23. The summed E-state index contributed by atoms with van der Waals surface area (Å²) in [5.41, 5.74) is 15.1. The van der Waals surface area contributed by atoms with Gasteiger partial charge in [-0.05, 0) is 6.92 Å². The molecule has 158 valence electrons. The van der Waals surface area contributed by atoms with E-state index in [-0.39, 0.29) is 6.42 Å². The van der Waals surface area contributed by atoms with Gasteiger partial charge in [0.05, 0.1) is 18.2 Å². The minimum absolute atomic E-state index is 0.367. The monoisotopic (exact) mass is 391 g/mol. The van der Waals surface area contributed by atoms with Gasteiger partial charge in [-0.2, -0.15) is 0 Å². The van der Waals surface area contributed by atoms with Gasteiger partial charge in [0.1, 0.15) is 24.0 Å². The predicted molar refractivity (Wildman–Crippen MR) is 95.8 cm³/mol. The molecule has 10 N–H and O–H groups in total. The molecule has 0 aliphatic carbocycles. The van der Waals surface area contributed by atoms with Gasteiger partial charge < -0.3 is 42.4 Å². The third-order valence-corrected chi connectivity index (χ3v) is 5.59. The first-order chi connectivity index (χ1) is 12.2. The first-order valence-corrected chi connectivity index (χ1v) is 9.03. The molecule has 0 aromatic carbocycles. The average Bonchev–Trinajstić information content (AvgIpc) is 2.61. The number of carbonyl (C=O) groups is 2. The van der Waals surface area contributed by atoms with E-state index in [4.69, 9.17) is 21.9 Å². The maximum absolute atomic E-state index is 12.5. The topological polar surface area (TPSA) is 202 Å². The fourth-order valence-electron chi connectivity index (χ4n) is 3.29. The number of cyclic esters (lactones) is 1. The number of hydrogen-bond donors (Lipinski definition) is 7. The van der Waals surface area contributed by atoms with Gasteiger partial charge in [0.25, 0.3) is 0 Å². The van der Waals surface area contributed by atoms with E-state index in [1.807, 2.05) is 0 Å². The molecule has 10 heteroatoms. The van der Waals surface area contributed by atoms with Crippen molar-refractivity contribution in [1.82, 2.24) is 0 Å². The number of esters is 1. The lowest BCUT2D eigenvalue weighted by Gasteiger charge is -2.38. The first-order valence-electron chi connectivity index (χ1n) is 9.03. The minimum Gasteiger partial charge on any atom is -0.461 e. The Kier molecular flexibility index (Phi) is 7.88. The third-order valence-electron chi connectivity index (χ3n) is 5.59. The fourth-order valence-corrected chi connectivity index (χ4v) is 3.29. The zero-order valence-corrected chi connectivity index (χ0v) is 16.1. The van der Waals surface area contributed by atoms with E-state index in [0.29, 0.717) is 0 Å². The van der Waals surface area contributed by atoms with Gasteiger partial charge in [-0.25, -0.2) is 0 Å². The summed E-state index contributed by atoms with van der Waals surface area (Å²) in [6.07, 6.45) is -5.79. The molecule has 1 aliphatic rings. The van der Waals surface area contributed by atoms with E-state index < -0.39 is 71.7 Å². The number of ketones is 1. The number of Topliss-reactive ketones (excluding diaryl/α,β-unsaturated/α-hetero) is 1. The number of aliphatic hydroxyl groups is 4. The molecule has 1 aliphatic heterocycles. The summed E-state index contributed by atoms with van der Waals surface area (Å²) in [5.74, 6) is -4.21. The van der Waals surface area contributed by atoms with Gasteiger partial charge in [-0.1, -0.05) is 20.8 Å². The van der Waals surface area contributed by atoms with Gasteiger partial charge >= 0.3 is 5.97 Å². The molecule has 10 atom stereocenters. The first kappa shape index (κ1) is 23.9. The summed E-state index contributed by atoms with van der Waals surface area (Å²) in [4.78, 5) is 24.7. The molecule has 0 aromatic heterocycles. The van der Waals surface area contributed by atoms with E-state index in [9.17, 15) is 30.0 Å². The molecule has 0 amide bonds. The van der Waals surface area contributed by atoms with Crippen molar-refractivity contribution >= 4 is 11.8 Å². The Balaban J connectivity index is 3.27. The number of rotatable bonds is 0. The maximum Gasteiger partial charge on any atom is 0.325 e. The van der Waals surface area contributed by atoms with Crippen molar-refractivity contribution < 1.29 is 34.8 Å². The second-order valence-electron chi connectivity index (χ2n) is 7.84. The van der Waals surface area contributed by atoms with Crippen LogP contribution in [0.5, 0.6) is 0 Å². The molecule has 27 heavy (non-hydrogen) atoms. The van der Waals surface area contributed by atoms with Gasteiger partial charge in [-0.3, -0.25) is 9.59 Å². The summed E-state index contributed by atoms with van der Waals surface area (Å²) >= 11 is 0. The summed E-state index contributed by atoms with van der Waals surface area (Å²) in [6.45, 7) is 5.89. The lowest BCUT2D eigenvalue weighted by atomic mass is 9.80. The van der Waals surface area contributed by atoms with Crippen molar-refractivity contribution in [3.8, 4) is 0 Å². The van der Waals surface area contributed by atoms with Crippen LogP contribution in [0.25, 0.3) is 0 Å². The highest BCUT2D eigenvalue weighted by molar-refractivity contribution is 5.86. The maximum atomic E-state index is 12.5. The second-order valence-corrected chi connectivity index (χ2v) is 7.84. The van der Waals surface area contributed by atoms with Crippen LogP contribution >= 0.6 is 0 Å². The second kappa shape index (κ2) is 8.91.